The minimum Gasteiger partial charge on any atom is -0.373 e. The maximum absolute atomic E-state index is 13.2. The molecule has 29 heavy (non-hydrogen) atoms. The van der Waals surface area contributed by atoms with Gasteiger partial charge in [-0.3, -0.25) is 4.79 Å². The number of hydrogen-bond acceptors (Lipinski definition) is 4. The number of halogens is 1. The minimum absolute atomic E-state index is 0.0661. The van der Waals surface area contributed by atoms with Crippen LogP contribution in [0.2, 0.25) is 5.02 Å². The predicted molar refractivity (Wildman–Crippen MR) is 114 cm³/mol. The van der Waals surface area contributed by atoms with Crippen molar-refractivity contribution < 1.29 is 17.9 Å². The van der Waals surface area contributed by atoms with Gasteiger partial charge in [-0.05, 0) is 51.1 Å². The Hall–Kier alpha value is -1.93. The summed E-state index contributed by atoms with van der Waals surface area (Å²) in [7, 11) is -2.21. The van der Waals surface area contributed by atoms with Crippen LogP contribution in [0.15, 0.2) is 47.4 Å². The zero-order valence-corrected chi connectivity index (χ0v) is 18.5. The molecule has 0 saturated carbocycles. The Kier molecular flexibility index (Phi) is 6.33. The second kappa shape index (κ2) is 8.44. The van der Waals surface area contributed by atoms with Crippen molar-refractivity contribution in [3.63, 3.8) is 0 Å². The summed E-state index contributed by atoms with van der Waals surface area (Å²) in [6.07, 6.45) is -0.436. The molecule has 8 heteroatoms. The number of carbonyl (C=O) groups is 1. The first kappa shape index (κ1) is 21.8. The minimum atomic E-state index is -3.86. The van der Waals surface area contributed by atoms with Gasteiger partial charge in [0.05, 0.1) is 17.2 Å². The van der Waals surface area contributed by atoms with Crippen LogP contribution in [0.1, 0.15) is 29.8 Å². The fourth-order valence-corrected chi connectivity index (χ4v) is 5.47. The molecule has 2 atom stereocenters. The molecule has 2 aromatic rings. The molecule has 3 rings (SSSR count). The molecule has 6 nitrogen and oxygen atoms in total. The molecule has 1 aliphatic rings. The van der Waals surface area contributed by atoms with Gasteiger partial charge in [-0.25, -0.2) is 8.42 Å². The summed E-state index contributed by atoms with van der Waals surface area (Å²) >= 11 is 6.23. The van der Waals surface area contributed by atoms with Crippen molar-refractivity contribution in [2.45, 2.75) is 37.9 Å². The zero-order chi connectivity index (χ0) is 21.3. The van der Waals surface area contributed by atoms with Crippen LogP contribution in [0.3, 0.4) is 0 Å². The van der Waals surface area contributed by atoms with Gasteiger partial charge in [0, 0.05) is 31.4 Å². The third-order valence-corrected chi connectivity index (χ3v) is 7.22. The fourth-order valence-electron chi connectivity index (χ4n) is 3.38. The summed E-state index contributed by atoms with van der Waals surface area (Å²) < 4.78 is 33.4. The second-order valence-corrected chi connectivity index (χ2v) is 9.74. The molecule has 2 aromatic carbocycles. The first-order chi connectivity index (χ1) is 13.6. The fraction of sp³-hybridized carbons (Fsp3) is 0.381. The summed E-state index contributed by atoms with van der Waals surface area (Å²) in [6.45, 7) is 6.11. The predicted octanol–water partition coefficient (Wildman–Crippen LogP) is 3.72. The Morgan fingerprint density at radius 1 is 1.10 bits per heavy atom. The molecule has 1 saturated heterocycles. The summed E-state index contributed by atoms with van der Waals surface area (Å²) in [4.78, 5) is 14.4. The SMILES string of the molecule is Cc1ccc(N(C)C(=O)c2ccc(Cl)c(S(=O)(=O)N3CC(C)OC(C)C3)c2)cc1. The number of anilines is 1. The monoisotopic (exact) mass is 436 g/mol. The van der Waals surface area contributed by atoms with Gasteiger partial charge in [-0.15, -0.1) is 0 Å². The Bertz CT molecular complexity index is 998. The van der Waals surface area contributed by atoms with E-state index in [1.807, 2.05) is 45.0 Å². The molecule has 1 amide bonds. The molecule has 0 spiro atoms. The number of amides is 1. The van der Waals surface area contributed by atoms with E-state index in [0.717, 1.165) is 11.3 Å². The molecule has 1 fully saturated rings. The highest BCUT2D eigenvalue weighted by atomic mass is 35.5. The Morgan fingerprint density at radius 3 is 2.28 bits per heavy atom. The van der Waals surface area contributed by atoms with Crippen molar-refractivity contribution >= 4 is 33.2 Å². The highest BCUT2D eigenvalue weighted by Crippen LogP contribution is 2.29. The number of ether oxygens (including phenoxy) is 1. The lowest BCUT2D eigenvalue weighted by Gasteiger charge is -2.34. The van der Waals surface area contributed by atoms with Crippen molar-refractivity contribution in [3.8, 4) is 0 Å². The molecular formula is C21H25ClN2O4S. The van der Waals surface area contributed by atoms with Crippen LogP contribution in [0.25, 0.3) is 0 Å². The molecule has 0 radical (unpaired) electrons. The molecule has 1 aliphatic heterocycles. The van der Waals surface area contributed by atoms with E-state index in [1.54, 1.807) is 13.1 Å². The summed E-state index contributed by atoms with van der Waals surface area (Å²) in [5, 5.41) is 0.0892. The van der Waals surface area contributed by atoms with Crippen molar-refractivity contribution in [3.05, 3.63) is 58.6 Å². The molecule has 0 N–H and O–H groups in total. The summed E-state index contributed by atoms with van der Waals surface area (Å²) in [6, 6.07) is 11.9. The number of hydrogen-bond donors (Lipinski definition) is 0. The zero-order valence-electron chi connectivity index (χ0n) is 16.9. The van der Waals surface area contributed by atoms with Gasteiger partial charge >= 0.3 is 0 Å². The molecule has 0 aromatic heterocycles. The summed E-state index contributed by atoms with van der Waals surface area (Å²) in [5.74, 6) is -0.314. The molecule has 0 bridgehead atoms. The standard InChI is InChI=1S/C21H25ClN2O4S/c1-14-5-8-18(9-6-14)23(4)21(25)17-7-10-19(22)20(11-17)29(26,27)24-12-15(2)28-16(3)13-24/h5-11,15-16H,12-13H2,1-4H3. The second-order valence-electron chi connectivity index (χ2n) is 7.42. The number of sulfonamides is 1. The van der Waals surface area contributed by atoms with E-state index in [-0.39, 0.29) is 46.7 Å². The van der Waals surface area contributed by atoms with E-state index in [2.05, 4.69) is 0 Å². The van der Waals surface area contributed by atoms with Gasteiger partial charge in [-0.1, -0.05) is 29.3 Å². The van der Waals surface area contributed by atoms with E-state index in [1.165, 1.54) is 21.3 Å². The van der Waals surface area contributed by atoms with Crippen LogP contribution in [0.4, 0.5) is 5.69 Å². The van der Waals surface area contributed by atoms with Crippen LogP contribution < -0.4 is 4.90 Å². The number of nitrogens with zero attached hydrogens (tertiary/aromatic N) is 2. The van der Waals surface area contributed by atoms with Gasteiger partial charge in [0.15, 0.2) is 0 Å². The normalized spacial score (nSPS) is 20.4. The van der Waals surface area contributed by atoms with Crippen molar-refractivity contribution in [2.24, 2.45) is 0 Å². The number of morpholine rings is 1. The van der Waals surface area contributed by atoms with Crippen molar-refractivity contribution in [1.82, 2.24) is 4.31 Å². The number of rotatable bonds is 4. The van der Waals surface area contributed by atoms with Crippen LogP contribution >= 0.6 is 11.6 Å². The smallest absolute Gasteiger partial charge is 0.258 e. The molecule has 156 valence electrons. The largest absolute Gasteiger partial charge is 0.373 e. The highest BCUT2D eigenvalue weighted by molar-refractivity contribution is 7.89. The van der Waals surface area contributed by atoms with Crippen molar-refractivity contribution in [1.29, 1.82) is 0 Å². The third kappa shape index (κ3) is 4.64. The number of benzene rings is 2. The van der Waals surface area contributed by atoms with Crippen LogP contribution in [0.5, 0.6) is 0 Å². The van der Waals surface area contributed by atoms with Crippen molar-refractivity contribution in [2.75, 3.05) is 25.0 Å². The molecule has 2 unspecified atom stereocenters. The molecule has 0 aliphatic carbocycles. The summed E-state index contributed by atoms with van der Waals surface area (Å²) in [5.41, 5.74) is 2.06. The van der Waals surface area contributed by atoms with Crippen LogP contribution in [0, 0.1) is 6.92 Å². The third-order valence-electron chi connectivity index (χ3n) is 4.91. The van der Waals surface area contributed by atoms with E-state index >= 15 is 0 Å². The Morgan fingerprint density at radius 2 is 1.69 bits per heavy atom. The van der Waals surface area contributed by atoms with E-state index in [4.69, 9.17) is 16.3 Å². The number of carbonyl (C=O) groups excluding carboxylic acids is 1. The molecular weight excluding hydrogens is 412 g/mol. The Balaban J connectivity index is 1.93. The van der Waals surface area contributed by atoms with Crippen LogP contribution in [-0.2, 0) is 14.8 Å². The van der Waals surface area contributed by atoms with Gasteiger partial charge in [0.25, 0.3) is 5.91 Å². The van der Waals surface area contributed by atoms with Gasteiger partial charge in [-0.2, -0.15) is 4.31 Å². The lowest BCUT2D eigenvalue weighted by molar-refractivity contribution is -0.0440. The Labute approximate surface area is 177 Å². The average Bonchev–Trinajstić information content (AvgIpc) is 2.67. The van der Waals surface area contributed by atoms with Crippen LogP contribution in [-0.4, -0.2) is 51.0 Å². The topological polar surface area (TPSA) is 66.9 Å². The van der Waals surface area contributed by atoms with Gasteiger partial charge in [0.2, 0.25) is 10.0 Å². The quantitative estimate of drug-likeness (QED) is 0.732. The maximum atomic E-state index is 13.2. The lowest BCUT2D eigenvalue weighted by atomic mass is 10.1. The van der Waals surface area contributed by atoms with Gasteiger partial charge in [0.1, 0.15) is 4.90 Å². The highest BCUT2D eigenvalue weighted by Gasteiger charge is 2.34. The van der Waals surface area contributed by atoms with E-state index in [9.17, 15) is 13.2 Å². The lowest BCUT2D eigenvalue weighted by Crippen LogP contribution is -2.48. The van der Waals surface area contributed by atoms with E-state index in [0.29, 0.717) is 0 Å². The van der Waals surface area contributed by atoms with E-state index < -0.39 is 10.0 Å². The average molecular weight is 437 g/mol. The maximum Gasteiger partial charge on any atom is 0.258 e. The first-order valence-corrected chi connectivity index (χ1v) is 11.2. The first-order valence-electron chi connectivity index (χ1n) is 9.39. The number of aryl methyl sites for hydroxylation is 1. The van der Waals surface area contributed by atoms with Gasteiger partial charge < -0.3 is 9.64 Å². The molecule has 1 heterocycles.